The van der Waals surface area contributed by atoms with Gasteiger partial charge in [-0.25, -0.2) is 4.79 Å². The molecule has 112 valence electrons. The van der Waals surface area contributed by atoms with Crippen molar-refractivity contribution in [1.29, 1.82) is 0 Å². The van der Waals surface area contributed by atoms with Gasteiger partial charge in [0.1, 0.15) is 5.57 Å². The third-order valence-electron chi connectivity index (χ3n) is 3.39. The minimum absolute atomic E-state index is 0.0171. The first-order valence-corrected chi connectivity index (χ1v) is 7.34. The van der Waals surface area contributed by atoms with Crippen LogP contribution >= 0.6 is 0 Å². The van der Waals surface area contributed by atoms with Crippen LogP contribution in [0.1, 0.15) is 58.3 Å². The first kappa shape index (κ1) is 16.5. The van der Waals surface area contributed by atoms with E-state index in [-0.39, 0.29) is 22.9 Å². The molecule has 0 radical (unpaired) electrons. The second-order valence-corrected chi connectivity index (χ2v) is 5.02. The molecule has 0 aromatic carbocycles. The lowest BCUT2D eigenvalue weighted by Crippen LogP contribution is -2.11. The Kier molecular flexibility index (Phi) is 7.05. The highest BCUT2D eigenvalue weighted by Gasteiger charge is 2.34. The first-order valence-electron chi connectivity index (χ1n) is 7.34. The van der Waals surface area contributed by atoms with Crippen LogP contribution < -0.4 is 0 Å². The van der Waals surface area contributed by atoms with Gasteiger partial charge < -0.3 is 9.47 Å². The number of unbranched alkanes of at least 4 members (excludes halogenated alkanes) is 6. The van der Waals surface area contributed by atoms with Crippen LogP contribution in [0.5, 0.6) is 0 Å². The standard InChI is InChI=1S/C16H24O4/c1-4-5-6-7-8-9-10-11-13(17)14-15(19-3)12(2)20-16(14)18/h2,4-11H2,1,3H3. The third kappa shape index (κ3) is 4.51. The van der Waals surface area contributed by atoms with E-state index in [9.17, 15) is 9.59 Å². The summed E-state index contributed by atoms with van der Waals surface area (Å²) in [7, 11) is 1.41. The molecule has 1 aliphatic rings. The van der Waals surface area contributed by atoms with Crippen molar-refractivity contribution in [2.45, 2.75) is 58.3 Å². The lowest BCUT2D eigenvalue weighted by atomic mass is 10.0. The molecule has 0 saturated heterocycles. The van der Waals surface area contributed by atoms with Crippen molar-refractivity contribution in [3.05, 3.63) is 23.7 Å². The number of rotatable bonds is 10. The van der Waals surface area contributed by atoms with Gasteiger partial charge in [-0.3, -0.25) is 4.79 Å². The molecule has 0 saturated carbocycles. The predicted molar refractivity (Wildman–Crippen MR) is 76.9 cm³/mol. The molecule has 1 aliphatic heterocycles. The zero-order chi connectivity index (χ0) is 15.0. The van der Waals surface area contributed by atoms with E-state index in [4.69, 9.17) is 9.47 Å². The maximum Gasteiger partial charge on any atom is 0.351 e. The number of ether oxygens (including phenoxy) is 2. The number of cyclic esters (lactones) is 1. The molecule has 20 heavy (non-hydrogen) atoms. The quantitative estimate of drug-likeness (QED) is 0.348. The van der Waals surface area contributed by atoms with E-state index in [1.54, 1.807) is 0 Å². The van der Waals surface area contributed by atoms with Crippen molar-refractivity contribution in [3.63, 3.8) is 0 Å². The zero-order valence-corrected chi connectivity index (χ0v) is 12.5. The topological polar surface area (TPSA) is 52.6 Å². The molecule has 0 aromatic rings. The monoisotopic (exact) mass is 280 g/mol. The molecule has 0 atom stereocenters. The highest BCUT2D eigenvalue weighted by Crippen LogP contribution is 2.27. The van der Waals surface area contributed by atoms with Crippen LogP contribution in [0.25, 0.3) is 0 Å². The molecule has 0 unspecified atom stereocenters. The number of Topliss-reactive ketones (excluding diaryl/α,β-unsaturated/α-hetero) is 1. The Labute approximate surface area is 120 Å². The van der Waals surface area contributed by atoms with Crippen molar-refractivity contribution in [2.24, 2.45) is 0 Å². The molecule has 0 aromatic heterocycles. The molecule has 1 rings (SSSR count). The molecule has 1 heterocycles. The maximum atomic E-state index is 12.0. The van der Waals surface area contributed by atoms with E-state index < -0.39 is 5.97 Å². The summed E-state index contributed by atoms with van der Waals surface area (Å²) in [6.45, 7) is 5.74. The largest absolute Gasteiger partial charge is 0.492 e. The highest BCUT2D eigenvalue weighted by atomic mass is 16.6. The number of hydrogen-bond donors (Lipinski definition) is 0. The van der Waals surface area contributed by atoms with Gasteiger partial charge in [0.2, 0.25) is 0 Å². The molecule has 4 heteroatoms. The average molecular weight is 280 g/mol. The molecule has 0 aliphatic carbocycles. The second-order valence-electron chi connectivity index (χ2n) is 5.02. The molecular formula is C16H24O4. The number of ketones is 1. The van der Waals surface area contributed by atoms with Crippen LogP contribution in [-0.4, -0.2) is 18.9 Å². The summed E-state index contributed by atoms with van der Waals surface area (Å²) < 4.78 is 9.83. The Bertz CT molecular complexity index is 407. The molecule has 0 spiro atoms. The normalized spacial score (nSPS) is 14.7. The lowest BCUT2D eigenvalue weighted by molar-refractivity contribution is -0.134. The third-order valence-corrected chi connectivity index (χ3v) is 3.39. The fraction of sp³-hybridized carbons (Fsp3) is 0.625. The van der Waals surface area contributed by atoms with Gasteiger partial charge in [-0.1, -0.05) is 52.0 Å². The molecule has 0 amide bonds. The zero-order valence-electron chi connectivity index (χ0n) is 12.5. The number of esters is 1. The van der Waals surface area contributed by atoms with E-state index in [2.05, 4.69) is 13.5 Å². The highest BCUT2D eigenvalue weighted by molar-refractivity contribution is 6.19. The summed E-state index contributed by atoms with van der Waals surface area (Å²) in [4.78, 5) is 23.6. The van der Waals surface area contributed by atoms with E-state index in [1.165, 1.54) is 32.8 Å². The van der Waals surface area contributed by atoms with Gasteiger partial charge >= 0.3 is 5.97 Å². The molecule has 0 N–H and O–H groups in total. The molecule has 4 nitrogen and oxygen atoms in total. The van der Waals surface area contributed by atoms with E-state index in [0.29, 0.717) is 6.42 Å². The van der Waals surface area contributed by atoms with Gasteiger partial charge in [-0.05, 0) is 6.42 Å². The Morgan fingerprint density at radius 3 is 2.35 bits per heavy atom. The predicted octanol–water partition coefficient (Wildman–Crippen LogP) is 3.67. The van der Waals surface area contributed by atoms with Crippen molar-refractivity contribution < 1.29 is 19.1 Å². The van der Waals surface area contributed by atoms with Gasteiger partial charge in [0.05, 0.1) is 7.11 Å². The van der Waals surface area contributed by atoms with Gasteiger partial charge in [-0.2, -0.15) is 0 Å². The van der Waals surface area contributed by atoms with Gasteiger partial charge in [-0.15, -0.1) is 0 Å². The summed E-state index contributed by atoms with van der Waals surface area (Å²) in [5.74, 6) is -0.540. The van der Waals surface area contributed by atoms with Crippen molar-refractivity contribution >= 4 is 11.8 Å². The van der Waals surface area contributed by atoms with Crippen molar-refractivity contribution in [2.75, 3.05) is 7.11 Å². The molecular weight excluding hydrogens is 256 g/mol. The van der Waals surface area contributed by atoms with Crippen LogP contribution in [-0.2, 0) is 19.1 Å². The SMILES string of the molecule is C=C1OC(=O)C(C(=O)CCCCCCCCC)=C1OC. The number of carbonyl (C=O) groups excluding carboxylic acids is 2. The van der Waals surface area contributed by atoms with Crippen molar-refractivity contribution in [1.82, 2.24) is 0 Å². The van der Waals surface area contributed by atoms with Crippen LogP contribution in [0.2, 0.25) is 0 Å². The summed E-state index contributed by atoms with van der Waals surface area (Å²) in [5, 5.41) is 0. The fourth-order valence-electron chi connectivity index (χ4n) is 2.27. The summed E-state index contributed by atoms with van der Waals surface area (Å²) in [6, 6.07) is 0. The smallest absolute Gasteiger partial charge is 0.351 e. The second kappa shape index (κ2) is 8.56. The first-order chi connectivity index (χ1) is 9.61. The Morgan fingerprint density at radius 2 is 1.75 bits per heavy atom. The van der Waals surface area contributed by atoms with E-state index in [0.717, 1.165) is 19.3 Å². The van der Waals surface area contributed by atoms with Gasteiger partial charge in [0.25, 0.3) is 0 Å². The minimum atomic E-state index is -0.639. The number of carbonyl (C=O) groups is 2. The Balaban J connectivity index is 2.34. The van der Waals surface area contributed by atoms with Crippen LogP contribution in [0.15, 0.2) is 23.7 Å². The van der Waals surface area contributed by atoms with Gasteiger partial charge in [0, 0.05) is 6.42 Å². The van der Waals surface area contributed by atoms with E-state index >= 15 is 0 Å². The number of methoxy groups -OCH3 is 1. The molecule has 0 bridgehead atoms. The van der Waals surface area contributed by atoms with Crippen LogP contribution in [0.3, 0.4) is 0 Å². The Hall–Kier alpha value is -1.58. The van der Waals surface area contributed by atoms with E-state index in [1.807, 2.05) is 0 Å². The Morgan fingerprint density at radius 1 is 1.15 bits per heavy atom. The molecule has 0 fully saturated rings. The lowest BCUT2D eigenvalue weighted by Gasteiger charge is -2.02. The fourth-order valence-corrected chi connectivity index (χ4v) is 2.27. The maximum absolute atomic E-state index is 12.0. The van der Waals surface area contributed by atoms with Crippen LogP contribution in [0.4, 0.5) is 0 Å². The van der Waals surface area contributed by atoms with Crippen LogP contribution in [0, 0.1) is 0 Å². The summed E-state index contributed by atoms with van der Waals surface area (Å²) >= 11 is 0. The van der Waals surface area contributed by atoms with Gasteiger partial charge in [0.15, 0.2) is 17.3 Å². The number of hydrogen-bond acceptors (Lipinski definition) is 4. The summed E-state index contributed by atoms with van der Waals surface area (Å²) in [5.41, 5.74) is 0.0171. The van der Waals surface area contributed by atoms with Crippen molar-refractivity contribution in [3.8, 4) is 0 Å². The minimum Gasteiger partial charge on any atom is -0.492 e. The average Bonchev–Trinajstić information content (AvgIpc) is 2.71. The summed E-state index contributed by atoms with van der Waals surface area (Å²) in [6.07, 6.45) is 8.29.